The van der Waals surface area contributed by atoms with Gasteiger partial charge in [0.2, 0.25) is 0 Å². The molecule has 0 saturated heterocycles. The summed E-state index contributed by atoms with van der Waals surface area (Å²) in [7, 11) is 1.68. The highest BCUT2D eigenvalue weighted by molar-refractivity contribution is 9.10. The molecular formula is C17H17BrFNO. The summed E-state index contributed by atoms with van der Waals surface area (Å²) in [5.41, 5.74) is 3.44. The molecule has 0 aliphatic carbocycles. The van der Waals surface area contributed by atoms with Crippen LogP contribution in [-0.4, -0.2) is 17.9 Å². The molecule has 110 valence electrons. The van der Waals surface area contributed by atoms with Crippen LogP contribution in [0, 0.1) is 19.7 Å². The topological polar surface area (TPSA) is 20.3 Å². The fourth-order valence-corrected chi connectivity index (χ4v) is 2.76. The summed E-state index contributed by atoms with van der Waals surface area (Å²) in [5.74, 6) is -0.846. The van der Waals surface area contributed by atoms with Crippen molar-refractivity contribution in [2.45, 2.75) is 20.4 Å². The highest BCUT2D eigenvalue weighted by Crippen LogP contribution is 2.22. The standard InChI is InChI=1S/C17H17BrFNO/c1-11-7-8-13(12(2)9-11)10-20(3)17(21)16-14(18)5-4-6-15(16)19/h4-9H,10H2,1-3H3. The van der Waals surface area contributed by atoms with Crippen molar-refractivity contribution in [1.29, 1.82) is 0 Å². The van der Waals surface area contributed by atoms with Gasteiger partial charge in [0.15, 0.2) is 0 Å². The van der Waals surface area contributed by atoms with E-state index < -0.39 is 5.82 Å². The number of aryl methyl sites for hydroxylation is 2. The number of carbonyl (C=O) groups excluding carboxylic acids is 1. The normalized spacial score (nSPS) is 10.5. The third-order valence-electron chi connectivity index (χ3n) is 3.43. The number of halogens is 2. The van der Waals surface area contributed by atoms with Crippen molar-refractivity contribution in [2.75, 3.05) is 7.05 Å². The first-order valence-electron chi connectivity index (χ1n) is 6.65. The minimum Gasteiger partial charge on any atom is -0.337 e. The lowest BCUT2D eigenvalue weighted by Gasteiger charge is -2.20. The molecule has 0 heterocycles. The second-order valence-electron chi connectivity index (χ2n) is 5.19. The Morgan fingerprint density at radius 2 is 1.95 bits per heavy atom. The van der Waals surface area contributed by atoms with E-state index in [-0.39, 0.29) is 11.5 Å². The molecule has 0 fully saturated rings. The predicted octanol–water partition coefficient (Wildman–Crippen LogP) is 4.48. The number of benzene rings is 2. The molecule has 2 aromatic rings. The number of nitrogens with zero attached hydrogens (tertiary/aromatic N) is 1. The first-order chi connectivity index (χ1) is 9.90. The summed E-state index contributed by atoms with van der Waals surface area (Å²) >= 11 is 3.24. The van der Waals surface area contributed by atoms with Crippen molar-refractivity contribution in [2.24, 2.45) is 0 Å². The number of hydrogen-bond acceptors (Lipinski definition) is 1. The van der Waals surface area contributed by atoms with Gasteiger partial charge in [-0.3, -0.25) is 4.79 Å². The van der Waals surface area contributed by atoms with E-state index in [1.807, 2.05) is 26.0 Å². The van der Waals surface area contributed by atoms with Gasteiger partial charge in [0.25, 0.3) is 5.91 Å². The number of rotatable bonds is 3. The van der Waals surface area contributed by atoms with Gasteiger partial charge in [-0.15, -0.1) is 0 Å². The van der Waals surface area contributed by atoms with Gasteiger partial charge < -0.3 is 4.90 Å². The van der Waals surface area contributed by atoms with Crippen LogP contribution in [0.25, 0.3) is 0 Å². The van der Waals surface area contributed by atoms with Crippen LogP contribution in [0.4, 0.5) is 4.39 Å². The van der Waals surface area contributed by atoms with Crippen LogP contribution in [0.15, 0.2) is 40.9 Å². The first-order valence-corrected chi connectivity index (χ1v) is 7.45. The molecule has 0 spiro atoms. The van der Waals surface area contributed by atoms with Crippen molar-refractivity contribution in [3.05, 3.63) is 68.9 Å². The van der Waals surface area contributed by atoms with E-state index in [0.717, 1.165) is 11.1 Å². The Bertz CT molecular complexity index is 664. The summed E-state index contributed by atoms with van der Waals surface area (Å²) < 4.78 is 14.3. The summed E-state index contributed by atoms with van der Waals surface area (Å²) in [6.07, 6.45) is 0. The van der Waals surface area contributed by atoms with Crippen LogP contribution in [0.2, 0.25) is 0 Å². The Morgan fingerprint density at radius 3 is 2.57 bits per heavy atom. The molecule has 0 atom stereocenters. The fraction of sp³-hybridized carbons (Fsp3) is 0.235. The molecule has 2 nitrogen and oxygen atoms in total. The Labute approximate surface area is 132 Å². The largest absolute Gasteiger partial charge is 0.337 e. The van der Waals surface area contributed by atoms with Crippen molar-refractivity contribution in [1.82, 2.24) is 4.90 Å². The molecule has 4 heteroatoms. The molecule has 0 saturated carbocycles. The van der Waals surface area contributed by atoms with E-state index in [1.165, 1.54) is 16.5 Å². The fourth-order valence-electron chi connectivity index (χ4n) is 2.24. The smallest absolute Gasteiger partial charge is 0.258 e. The lowest BCUT2D eigenvalue weighted by Crippen LogP contribution is -2.27. The Balaban J connectivity index is 2.24. The molecule has 0 bridgehead atoms. The van der Waals surface area contributed by atoms with E-state index in [2.05, 4.69) is 22.0 Å². The van der Waals surface area contributed by atoms with E-state index in [1.54, 1.807) is 19.2 Å². The average molecular weight is 350 g/mol. The monoisotopic (exact) mass is 349 g/mol. The zero-order valence-corrected chi connectivity index (χ0v) is 13.9. The highest BCUT2D eigenvalue weighted by atomic mass is 79.9. The van der Waals surface area contributed by atoms with Gasteiger partial charge in [-0.05, 0) is 53.0 Å². The molecule has 0 aliphatic rings. The minimum absolute atomic E-state index is 0.0739. The molecular weight excluding hydrogens is 333 g/mol. The lowest BCUT2D eigenvalue weighted by atomic mass is 10.1. The molecule has 0 unspecified atom stereocenters. The lowest BCUT2D eigenvalue weighted by molar-refractivity contribution is 0.0779. The van der Waals surface area contributed by atoms with Crippen LogP contribution in [0.1, 0.15) is 27.0 Å². The molecule has 0 aliphatic heterocycles. The van der Waals surface area contributed by atoms with Gasteiger partial charge in [0, 0.05) is 18.1 Å². The van der Waals surface area contributed by atoms with Crippen LogP contribution in [0.3, 0.4) is 0 Å². The van der Waals surface area contributed by atoms with E-state index in [0.29, 0.717) is 11.0 Å². The van der Waals surface area contributed by atoms with Gasteiger partial charge in [0.05, 0.1) is 5.56 Å². The van der Waals surface area contributed by atoms with Crippen molar-refractivity contribution in [3.63, 3.8) is 0 Å². The summed E-state index contributed by atoms with van der Waals surface area (Å²) in [4.78, 5) is 14.0. The molecule has 2 aromatic carbocycles. The van der Waals surface area contributed by atoms with Crippen molar-refractivity contribution >= 4 is 21.8 Å². The van der Waals surface area contributed by atoms with Gasteiger partial charge in [-0.1, -0.05) is 29.8 Å². The maximum Gasteiger partial charge on any atom is 0.258 e. The molecule has 21 heavy (non-hydrogen) atoms. The third-order valence-corrected chi connectivity index (χ3v) is 4.09. The molecule has 1 amide bonds. The Hall–Kier alpha value is -1.68. The van der Waals surface area contributed by atoms with Gasteiger partial charge in [-0.25, -0.2) is 4.39 Å². The number of hydrogen-bond donors (Lipinski definition) is 0. The second-order valence-corrected chi connectivity index (χ2v) is 6.04. The molecule has 0 aromatic heterocycles. The van der Waals surface area contributed by atoms with E-state index in [4.69, 9.17) is 0 Å². The van der Waals surface area contributed by atoms with Gasteiger partial charge in [-0.2, -0.15) is 0 Å². The van der Waals surface area contributed by atoms with Crippen LogP contribution in [0.5, 0.6) is 0 Å². The Morgan fingerprint density at radius 1 is 1.24 bits per heavy atom. The Kier molecular flexibility index (Phi) is 4.78. The first kappa shape index (κ1) is 15.7. The number of carbonyl (C=O) groups is 1. The van der Waals surface area contributed by atoms with E-state index >= 15 is 0 Å². The zero-order chi connectivity index (χ0) is 15.6. The van der Waals surface area contributed by atoms with Crippen LogP contribution >= 0.6 is 15.9 Å². The summed E-state index contributed by atoms with van der Waals surface area (Å²) in [5, 5.41) is 0. The van der Waals surface area contributed by atoms with Crippen molar-refractivity contribution < 1.29 is 9.18 Å². The zero-order valence-electron chi connectivity index (χ0n) is 12.3. The predicted molar refractivity (Wildman–Crippen MR) is 85.8 cm³/mol. The second kappa shape index (κ2) is 6.39. The summed E-state index contributed by atoms with van der Waals surface area (Å²) in [6.45, 7) is 4.49. The van der Waals surface area contributed by atoms with Gasteiger partial charge in [0.1, 0.15) is 5.82 Å². The SMILES string of the molecule is Cc1ccc(CN(C)C(=O)c2c(F)cccc2Br)c(C)c1. The third kappa shape index (κ3) is 3.50. The molecule has 0 N–H and O–H groups in total. The highest BCUT2D eigenvalue weighted by Gasteiger charge is 2.19. The van der Waals surface area contributed by atoms with E-state index in [9.17, 15) is 9.18 Å². The quantitative estimate of drug-likeness (QED) is 0.799. The molecule has 0 radical (unpaired) electrons. The van der Waals surface area contributed by atoms with Gasteiger partial charge >= 0.3 is 0 Å². The van der Waals surface area contributed by atoms with Crippen LogP contribution < -0.4 is 0 Å². The average Bonchev–Trinajstić information content (AvgIpc) is 2.41. The minimum atomic E-state index is -0.512. The summed E-state index contributed by atoms with van der Waals surface area (Å²) in [6, 6.07) is 10.6. The maximum atomic E-state index is 13.9. The van der Waals surface area contributed by atoms with Crippen molar-refractivity contribution in [3.8, 4) is 0 Å². The maximum absolute atomic E-state index is 13.9. The molecule has 2 rings (SSSR count). The number of amides is 1. The van der Waals surface area contributed by atoms with Crippen LogP contribution in [-0.2, 0) is 6.54 Å².